The van der Waals surface area contributed by atoms with E-state index in [0.717, 1.165) is 0 Å². The van der Waals surface area contributed by atoms with Crippen LogP contribution in [0.2, 0.25) is 5.02 Å². The monoisotopic (exact) mass is 228 g/mol. The molecule has 5 heteroatoms. The molecule has 1 aromatic carbocycles. The van der Waals surface area contributed by atoms with Gasteiger partial charge < -0.3 is 5.73 Å². The number of hydrogen-bond acceptors (Lipinski definition) is 2. The molecule has 0 aliphatic rings. The number of rotatable bonds is 1. The highest BCUT2D eigenvalue weighted by molar-refractivity contribution is 8.13. The molecule has 0 radical (unpaired) electrons. The summed E-state index contributed by atoms with van der Waals surface area (Å²) < 4.78 is 0. The first-order valence-electron chi connectivity index (χ1n) is 3.81. The largest absolute Gasteiger partial charge is 0.378 e. The zero-order valence-corrected chi connectivity index (χ0v) is 9.10. The number of carbonyl (C=O) groups excluding carboxylic acids is 1. The summed E-state index contributed by atoms with van der Waals surface area (Å²) in [6.07, 6.45) is 1.76. The van der Waals surface area contributed by atoms with Gasteiger partial charge in [0.2, 0.25) is 0 Å². The van der Waals surface area contributed by atoms with E-state index in [0.29, 0.717) is 10.6 Å². The van der Waals surface area contributed by atoms with Crippen LogP contribution in [0.5, 0.6) is 0 Å². The number of amidine groups is 1. The maximum atomic E-state index is 11.4. The third-order valence-corrected chi connectivity index (χ3v) is 2.27. The van der Waals surface area contributed by atoms with Crippen LogP contribution in [0.15, 0.2) is 29.3 Å². The van der Waals surface area contributed by atoms with Crippen LogP contribution in [0, 0.1) is 0 Å². The number of benzene rings is 1. The van der Waals surface area contributed by atoms with E-state index >= 15 is 0 Å². The minimum Gasteiger partial charge on any atom is -0.378 e. The summed E-state index contributed by atoms with van der Waals surface area (Å²) in [7, 11) is 0. The number of nitrogens with zero attached hydrogens (tertiary/aromatic N) is 1. The smallest absolute Gasteiger partial charge is 0.279 e. The van der Waals surface area contributed by atoms with Crippen LogP contribution in [0.25, 0.3) is 0 Å². The van der Waals surface area contributed by atoms with Gasteiger partial charge in [0.25, 0.3) is 5.91 Å². The van der Waals surface area contributed by atoms with Gasteiger partial charge in [-0.2, -0.15) is 4.99 Å². The fourth-order valence-electron chi connectivity index (χ4n) is 0.803. The van der Waals surface area contributed by atoms with Crippen molar-refractivity contribution in [2.75, 3.05) is 6.26 Å². The molecule has 0 aromatic heterocycles. The van der Waals surface area contributed by atoms with Crippen molar-refractivity contribution in [1.82, 2.24) is 0 Å². The highest BCUT2D eigenvalue weighted by atomic mass is 35.5. The first-order valence-corrected chi connectivity index (χ1v) is 5.42. The Kier molecular flexibility index (Phi) is 3.98. The molecule has 74 valence electrons. The molecule has 1 rings (SSSR count). The summed E-state index contributed by atoms with van der Waals surface area (Å²) in [5.41, 5.74) is 5.89. The van der Waals surface area contributed by atoms with Gasteiger partial charge in [-0.05, 0) is 30.5 Å². The summed E-state index contributed by atoms with van der Waals surface area (Å²) in [4.78, 5) is 15.1. The van der Waals surface area contributed by atoms with E-state index in [-0.39, 0.29) is 11.1 Å². The first-order chi connectivity index (χ1) is 6.63. The Labute approximate surface area is 91.3 Å². The Morgan fingerprint density at radius 3 is 2.50 bits per heavy atom. The van der Waals surface area contributed by atoms with Gasteiger partial charge in [-0.3, -0.25) is 4.79 Å². The van der Waals surface area contributed by atoms with Crippen molar-refractivity contribution < 1.29 is 4.79 Å². The highest BCUT2D eigenvalue weighted by Crippen LogP contribution is 2.10. The molecule has 0 aliphatic carbocycles. The fourth-order valence-corrected chi connectivity index (χ4v) is 1.10. The minimum absolute atomic E-state index is 0.255. The Bertz CT molecular complexity index is 362. The molecule has 0 heterocycles. The van der Waals surface area contributed by atoms with Gasteiger partial charge in [-0.15, -0.1) is 0 Å². The van der Waals surface area contributed by atoms with E-state index in [9.17, 15) is 4.79 Å². The molecular formula is C9H9ClN2OS. The third-order valence-electron chi connectivity index (χ3n) is 1.51. The molecule has 0 unspecified atom stereocenters. The molecule has 0 saturated heterocycles. The number of thioether (sulfide) groups is 1. The molecule has 1 aromatic rings. The number of hydrogen-bond donors (Lipinski definition) is 1. The molecular weight excluding hydrogens is 220 g/mol. The number of aliphatic imine (C=N–C) groups is 1. The SMILES string of the molecule is CSC(N)=NC(=O)c1ccc(Cl)cc1. The minimum atomic E-state index is -0.353. The van der Waals surface area contributed by atoms with E-state index in [1.54, 1.807) is 30.5 Å². The lowest BCUT2D eigenvalue weighted by Gasteiger charge is -1.96. The van der Waals surface area contributed by atoms with Gasteiger partial charge in [0, 0.05) is 10.6 Å². The summed E-state index contributed by atoms with van der Waals surface area (Å²) in [5, 5.41) is 0.841. The fraction of sp³-hybridized carbons (Fsp3) is 0.111. The maximum Gasteiger partial charge on any atom is 0.279 e. The predicted molar refractivity (Wildman–Crippen MR) is 60.9 cm³/mol. The average molecular weight is 229 g/mol. The van der Waals surface area contributed by atoms with E-state index in [1.807, 2.05) is 0 Å². The highest BCUT2D eigenvalue weighted by Gasteiger charge is 2.03. The van der Waals surface area contributed by atoms with Crippen molar-refractivity contribution in [2.45, 2.75) is 0 Å². The zero-order chi connectivity index (χ0) is 10.6. The Morgan fingerprint density at radius 2 is 2.00 bits per heavy atom. The quantitative estimate of drug-likeness (QED) is 0.592. The van der Waals surface area contributed by atoms with Crippen molar-refractivity contribution in [3.8, 4) is 0 Å². The van der Waals surface area contributed by atoms with Crippen LogP contribution in [0.3, 0.4) is 0 Å². The Hall–Kier alpha value is -1.00. The third kappa shape index (κ3) is 3.05. The predicted octanol–water partition coefficient (Wildman–Crippen LogP) is 2.16. The van der Waals surface area contributed by atoms with E-state index in [1.165, 1.54) is 11.8 Å². The van der Waals surface area contributed by atoms with E-state index < -0.39 is 0 Å². The van der Waals surface area contributed by atoms with E-state index in [4.69, 9.17) is 17.3 Å². The zero-order valence-electron chi connectivity index (χ0n) is 7.53. The van der Waals surface area contributed by atoms with Crippen LogP contribution in [0.1, 0.15) is 10.4 Å². The Morgan fingerprint density at radius 1 is 1.43 bits per heavy atom. The Balaban J connectivity index is 2.85. The number of nitrogens with two attached hydrogens (primary N) is 1. The molecule has 3 nitrogen and oxygen atoms in total. The lowest BCUT2D eigenvalue weighted by Crippen LogP contribution is -2.09. The van der Waals surface area contributed by atoms with Crippen molar-refractivity contribution in [1.29, 1.82) is 0 Å². The van der Waals surface area contributed by atoms with Gasteiger partial charge in [-0.25, -0.2) is 0 Å². The lowest BCUT2D eigenvalue weighted by atomic mass is 10.2. The molecule has 0 fully saturated rings. The second kappa shape index (κ2) is 5.02. The van der Waals surface area contributed by atoms with Crippen molar-refractivity contribution in [2.24, 2.45) is 10.7 Å². The van der Waals surface area contributed by atoms with Crippen LogP contribution >= 0.6 is 23.4 Å². The van der Waals surface area contributed by atoms with Gasteiger partial charge in [-0.1, -0.05) is 23.4 Å². The second-order valence-corrected chi connectivity index (χ2v) is 3.73. The number of amides is 1. The molecule has 0 saturated carbocycles. The van der Waals surface area contributed by atoms with Crippen molar-refractivity contribution in [3.05, 3.63) is 34.9 Å². The number of halogens is 1. The van der Waals surface area contributed by atoms with Crippen LogP contribution < -0.4 is 5.73 Å². The molecule has 0 atom stereocenters. The first kappa shape index (κ1) is 11.1. The summed E-state index contributed by atoms with van der Waals surface area (Å²) in [6.45, 7) is 0. The maximum absolute atomic E-state index is 11.4. The van der Waals surface area contributed by atoms with Gasteiger partial charge in [0.05, 0.1) is 0 Å². The molecule has 0 bridgehead atoms. The van der Waals surface area contributed by atoms with Crippen molar-refractivity contribution in [3.63, 3.8) is 0 Å². The molecule has 0 aliphatic heterocycles. The van der Waals surface area contributed by atoms with E-state index in [2.05, 4.69) is 4.99 Å². The normalized spacial score (nSPS) is 11.4. The van der Waals surface area contributed by atoms with Crippen LogP contribution in [-0.4, -0.2) is 17.3 Å². The van der Waals surface area contributed by atoms with Crippen LogP contribution in [0.4, 0.5) is 0 Å². The molecule has 14 heavy (non-hydrogen) atoms. The summed E-state index contributed by atoms with van der Waals surface area (Å²) >= 11 is 6.91. The average Bonchev–Trinajstić information content (AvgIpc) is 2.18. The summed E-state index contributed by atoms with van der Waals surface area (Å²) in [6, 6.07) is 6.50. The van der Waals surface area contributed by atoms with Crippen LogP contribution in [-0.2, 0) is 0 Å². The lowest BCUT2D eigenvalue weighted by molar-refractivity contribution is 0.100. The second-order valence-electron chi connectivity index (χ2n) is 2.47. The van der Waals surface area contributed by atoms with Gasteiger partial charge in [0.1, 0.15) is 0 Å². The molecule has 0 spiro atoms. The van der Waals surface area contributed by atoms with Crippen molar-refractivity contribution >= 4 is 34.4 Å². The standard InChI is InChI=1S/C9H9ClN2OS/c1-14-9(11)12-8(13)6-2-4-7(10)5-3-6/h2-5H,1H3,(H2,11,12,13). The topological polar surface area (TPSA) is 55.4 Å². The molecule has 1 amide bonds. The van der Waals surface area contributed by atoms with Gasteiger partial charge in [0.15, 0.2) is 5.17 Å². The van der Waals surface area contributed by atoms with Gasteiger partial charge >= 0.3 is 0 Å². The number of carbonyl (C=O) groups is 1. The summed E-state index contributed by atoms with van der Waals surface area (Å²) in [5.74, 6) is -0.353. The molecule has 2 N–H and O–H groups in total.